The number of aryl methyl sites for hydroxylation is 1. The van der Waals surface area contributed by atoms with Gasteiger partial charge in [-0.2, -0.15) is 0 Å². The Bertz CT molecular complexity index is 652. The Morgan fingerprint density at radius 3 is 2.37 bits per heavy atom. The van der Waals surface area contributed by atoms with Gasteiger partial charge in [0.2, 0.25) is 0 Å². The number of rotatable bonds is 4. The number of alkyl halides is 1. The molecular formula is C13H13BrN2O2S. The van der Waals surface area contributed by atoms with E-state index in [0.29, 0.717) is 11.0 Å². The van der Waals surface area contributed by atoms with Crippen molar-refractivity contribution in [2.45, 2.75) is 17.1 Å². The fourth-order valence-corrected chi connectivity index (χ4v) is 2.92. The lowest BCUT2D eigenvalue weighted by molar-refractivity contribution is 0.601. The van der Waals surface area contributed by atoms with Crippen LogP contribution in [0.15, 0.2) is 47.5 Å². The van der Waals surface area contributed by atoms with Gasteiger partial charge in [0.15, 0.2) is 0 Å². The van der Waals surface area contributed by atoms with E-state index in [1.807, 2.05) is 6.92 Å². The highest BCUT2D eigenvalue weighted by molar-refractivity contribution is 9.08. The van der Waals surface area contributed by atoms with E-state index in [1.165, 1.54) is 6.20 Å². The predicted octanol–water partition coefficient (Wildman–Crippen LogP) is 3.09. The van der Waals surface area contributed by atoms with Crippen LogP contribution in [-0.4, -0.2) is 13.4 Å². The fourth-order valence-electron chi connectivity index (χ4n) is 1.50. The van der Waals surface area contributed by atoms with Gasteiger partial charge in [-0.25, -0.2) is 8.42 Å². The second-order valence-corrected chi connectivity index (χ2v) is 6.31. The Morgan fingerprint density at radius 1 is 1.16 bits per heavy atom. The smallest absolute Gasteiger partial charge is 0.261 e. The van der Waals surface area contributed by atoms with Gasteiger partial charge in [-0.05, 0) is 36.8 Å². The number of hydrogen-bond donors (Lipinski definition) is 1. The average molecular weight is 341 g/mol. The molecule has 1 heterocycles. The van der Waals surface area contributed by atoms with Crippen LogP contribution in [0.25, 0.3) is 0 Å². The van der Waals surface area contributed by atoms with E-state index >= 15 is 0 Å². The summed E-state index contributed by atoms with van der Waals surface area (Å²) in [6.45, 7) is 1.84. The summed E-state index contributed by atoms with van der Waals surface area (Å²) in [5.74, 6) is 0. The molecule has 0 fully saturated rings. The summed E-state index contributed by atoms with van der Waals surface area (Å²) < 4.78 is 26.8. The zero-order valence-corrected chi connectivity index (χ0v) is 12.7. The molecule has 2 aromatic rings. The van der Waals surface area contributed by atoms with Gasteiger partial charge < -0.3 is 0 Å². The summed E-state index contributed by atoms with van der Waals surface area (Å²) in [6.07, 6.45) is 1.50. The molecule has 0 aliphatic heterocycles. The van der Waals surface area contributed by atoms with Crippen molar-refractivity contribution in [3.63, 3.8) is 0 Å². The molecule has 0 unspecified atom stereocenters. The summed E-state index contributed by atoms with van der Waals surface area (Å²) in [7, 11) is -3.56. The first kappa shape index (κ1) is 14.0. The molecule has 0 radical (unpaired) electrons. The molecule has 2 rings (SSSR count). The highest BCUT2D eigenvalue weighted by Crippen LogP contribution is 2.17. The molecule has 1 aromatic carbocycles. The van der Waals surface area contributed by atoms with Gasteiger partial charge in [0.05, 0.1) is 16.8 Å². The summed E-state index contributed by atoms with van der Waals surface area (Å²) >= 11 is 3.32. The second-order valence-electron chi connectivity index (χ2n) is 4.07. The number of nitrogens with one attached hydrogen (secondary N) is 1. The molecule has 0 bridgehead atoms. The van der Waals surface area contributed by atoms with Crippen LogP contribution in [0, 0.1) is 6.92 Å². The van der Waals surface area contributed by atoms with Crippen LogP contribution in [0.4, 0.5) is 5.69 Å². The number of sulfonamides is 1. The third-order valence-corrected chi connectivity index (χ3v) is 4.60. The maximum Gasteiger partial charge on any atom is 0.261 e. The Balaban J connectivity index is 2.24. The molecule has 4 nitrogen and oxygen atoms in total. The highest BCUT2D eigenvalue weighted by atomic mass is 79.9. The summed E-state index contributed by atoms with van der Waals surface area (Å²) in [6, 6.07) is 10.2. The Hall–Kier alpha value is -1.40. The molecule has 19 heavy (non-hydrogen) atoms. The highest BCUT2D eigenvalue weighted by Gasteiger charge is 2.13. The lowest BCUT2D eigenvalue weighted by atomic mass is 10.2. The molecule has 1 N–H and O–H groups in total. The summed E-state index contributed by atoms with van der Waals surface area (Å²) in [5, 5.41) is 0.697. The van der Waals surface area contributed by atoms with Gasteiger partial charge in [0.25, 0.3) is 10.0 Å². The fraction of sp³-hybridized carbons (Fsp3) is 0.154. The molecule has 0 aliphatic rings. The number of benzene rings is 1. The monoisotopic (exact) mass is 340 g/mol. The van der Waals surface area contributed by atoms with Crippen LogP contribution in [-0.2, 0) is 15.4 Å². The van der Waals surface area contributed by atoms with E-state index in [4.69, 9.17) is 0 Å². The van der Waals surface area contributed by atoms with Crippen LogP contribution in [0.2, 0.25) is 0 Å². The first-order valence-corrected chi connectivity index (χ1v) is 8.22. The van der Waals surface area contributed by atoms with E-state index in [1.54, 1.807) is 36.4 Å². The number of halogens is 1. The lowest BCUT2D eigenvalue weighted by Gasteiger charge is -2.08. The average Bonchev–Trinajstić information content (AvgIpc) is 2.41. The number of anilines is 1. The number of nitrogens with zero attached hydrogens (tertiary/aromatic N) is 1. The third kappa shape index (κ3) is 3.54. The van der Waals surface area contributed by atoms with Crippen LogP contribution in [0.1, 0.15) is 11.3 Å². The third-order valence-electron chi connectivity index (χ3n) is 2.55. The van der Waals surface area contributed by atoms with Crippen molar-refractivity contribution < 1.29 is 8.42 Å². The van der Waals surface area contributed by atoms with Gasteiger partial charge in [-0.1, -0.05) is 28.1 Å². The van der Waals surface area contributed by atoms with Crippen molar-refractivity contribution in [2.24, 2.45) is 0 Å². The van der Waals surface area contributed by atoms with Crippen LogP contribution in [0.3, 0.4) is 0 Å². The molecule has 6 heteroatoms. The summed E-state index contributed by atoms with van der Waals surface area (Å²) in [4.78, 5) is 4.29. The molecule has 0 saturated heterocycles. The van der Waals surface area contributed by atoms with Crippen LogP contribution < -0.4 is 4.72 Å². The van der Waals surface area contributed by atoms with Crippen molar-refractivity contribution in [3.05, 3.63) is 53.9 Å². The lowest BCUT2D eigenvalue weighted by Crippen LogP contribution is -2.13. The minimum absolute atomic E-state index is 0.234. The molecular weight excluding hydrogens is 328 g/mol. The molecule has 0 spiro atoms. The van der Waals surface area contributed by atoms with Gasteiger partial charge in [0, 0.05) is 11.0 Å². The summed E-state index contributed by atoms with van der Waals surface area (Å²) in [5.41, 5.74) is 2.32. The SMILES string of the molecule is Cc1ccc(NS(=O)(=O)c2ccc(CBr)cc2)cn1. The number of hydrogen-bond acceptors (Lipinski definition) is 3. The van der Waals surface area contributed by atoms with Crippen molar-refractivity contribution in [1.82, 2.24) is 4.98 Å². The van der Waals surface area contributed by atoms with Gasteiger partial charge >= 0.3 is 0 Å². The van der Waals surface area contributed by atoms with Crippen molar-refractivity contribution in [2.75, 3.05) is 4.72 Å². The first-order valence-electron chi connectivity index (χ1n) is 5.61. The standard InChI is InChI=1S/C13H13BrN2O2S/c1-10-2-5-12(9-15-10)16-19(17,18)13-6-3-11(8-14)4-7-13/h2-7,9,16H,8H2,1H3. The number of aromatic nitrogens is 1. The van der Waals surface area contributed by atoms with Crippen molar-refractivity contribution in [1.29, 1.82) is 0 Å². The normalized spacial score (nSPS) is 11.3. The zero-order valence-electron chi connectivity index (χ0n) is 10.3. The molecule has 100 valence electrons. The Labute approximate surface area is 121 Å². The Morgan fingerprint density at radius 2 is 1.84 bits per heavy atom. The Kier molecular flexibility index (Phi) is 4.21. The minimum atomic E-state index is -3.56. The largest absolute Gasteiger partial charge is 0.278 e. The molecule has 0 saturated carbocycles. The first-order chi connectivity index (χ1) is 9.01. The van der Waals surface area contributed by atoms with Crippen molar-refractivity contribution >= 4 is 31.6 Å². The zero-order chi connectivity index (χ0) is 13.9. The van der Waals surface area contributed by atoms with E-state index in [0.717, 1.165) is 11.3 Å². The predicted molar refractivity (Wildman–Crippen MR) is 78.9 cm³/mol. The van der Waals surface area contributed by atoms with E-state index in [9.17, 15) is 8.42 Å². The van der Waals surface area contributed by atoms with E-state index in [-0.39, 0.29) is 4.90 Å². The molecule has 0 aliphatic carbocycles. The minimum Gasteiger partial charge on any atom is -0.278 e. The maximum absolute atomic E-state index is 12.1. The van der Waals surface area contributed by atoms with Crippen molar-refractivity contribution in [3.8, 4) is 0 Å². The van der Waals surface area contributed by atoms with Gasteiger partial charge in [-0.3, -0.25) is 9.71 Å². The van der Waals surface area contributed by atoms with Gasteiger partial charge in [0.1, 0.15) is 0 Å². The van der Waals surface area contributed by atoms with Crippen LogP contribution >= 0.6 is 15.9 Å². The molecule has 1 aromatic heterocycles. The van der Waals surface area contributed by atoms with Gasteiger partial charge in [-0.15, -0.1) is 0 Å². The quantitative estimate of drug-likeness (QED) is 0.870. The maximum atomic E-state index is 12.1. The number of pyridine rings is 1. The second kappa shape index (κ2) is 5.71. The molecule has 0 amide bonds. The molecule has 0 atom stereocenters. The topological polar surface area (TPSA) is 59.1 Å². The van der Waals surface area contributed by atoms with E-state index in [2.05, 4.69) is 25.6 Å². The van der Waals surface area contributed by atoms with Crippen LogP contribution in [0.5, 0.6) is 0 Å². The van der Waals surface area contributed by atoms with E-state index < -0.39 is 10.0 Å².